The van der Waals surface area contributed by atoms with Crippen molar-refractivity contribution in [2.75, 3.05) is 24.7 Å². The highest BCUT2D eigenvalue weighted by Crippen LogP contribution is 2.17. The molecule has 0 saturated carbocycles. The lowest BCUT2D eigenvalue weighted by Crippen LogP contribution is -2.38. The Labute approximate surface area is 160 Å². The zero-order chi connectivity index (χ0) is 20.0. The third-order valence-corrected chi connectivity index (χ3v) is 5.49. The molecule has 0 aliphatic carbocycles. The number of halogens is 1. The lowest BCUT2D eigenvalue weighted by atomic mass is 10.0. The van der Waals surface area contributed by atoms with E-state index in [-0.39, 0.29) is 25.3 Å². The van der Waals surface area contributed by atoms with E-state index >= 15 is 0 Å². The lowest BCUT2D eigenvalue weighted by molar-refractivity contribution is -0.116. The highest BCUT2D eigenvalue weighted by atomic mass is 32.2. The summed E-state index contributed by atoms with van der Waals surface area (Å²) in [7, 11) is -3.60. The third kappa shape index (κ3) is 6.45. The molecule has 0 bridgehead atoms. The van der Waals surface area contributed by atoms with Gasteiger partial charge in [-0.05, 0) is 41.7 Å². The summed E-state index contributed by atoms with van der Waals surface area (Å²) in [4.78, 5) is 12.3. The Kier molecular flexibility index (Phi) is 7.10. The van der Waals surface area contributed by atoms with Gasteiger partial charge in [0, 0.05) is 12.2 Å². The van der Waals surface area contributed by atoms with Crippen LogP contribution in [0, 0.1) is 5.82 Å². The topological polar surface area (TPSA) is 66.5 Å². The number of nitrogens with one attached hydrogen (secondary N) is 1. The quantitative estimate of drug-likeness (QED) is 0.749. The van der Waals surface area contributed by atoms with Gasteiger partial charge < -0.3 is 5.32 Å². The van der Waals surface area contributed by atoms with E-state index in [4.69, 9.17) is 0 Å². The molecule has 0 atom stereocenters. The molecular formula is C20H25FN2O3S. The molecule has 0 aromatic heterocycles. The molecule has 146 valence electrons. The van der Waals surface area contributed by atoms with Crippen LogP contribution in [0.2, 0.25) is 0 Å². The first-order valence-corrected chi connectivity index (χ1v) is 10.6. The van der Waals surface area contributed by atoms with Crippen LogP contribution in [0.15, 0.2) is 48.5 Å². The smallest absolute Gasteiger partial charge is 0.239 e. The second-order valence-electron chi connectivity index (χ2n) is 6.76. The summed E-state index contributed by atoms with van der Waals surface area (Å²) in [5, 5.41) is 2.70. The molecule has 0 saturated heterocycles. The summed E-state index contributed by atoms with van der Waals surface area (Å²) in [6, 6.07) is 13.6. The minimum absolute atomic E-state index is 0.0273. The Morgan fingerprint density at radius 1 is 1.11 bits per heavy atom. The van der Waals surface area contributed by atoms with Crippen molar-refractivity contribution in [1.29, 1.82) is 0 Å². The number of rotatable bonds is 8. The van der Waals surface area contributed by atoms with E-state index in [1.807, 2.05) is 12.1 Å². The minimum atomic E-state index is -3.60. The minimum Gasteiger partial charge on any atom is -0.325 e. The van der Waals surface area contributed by atoms with Crippen molar-refractivity contribution in [2.24, 2.45) is 0 Å². The van der Waals surface area contributed by atoms with E-state index in [0.717, 1.165) is 16.1 Å². The van der Waals surface area contributed by atoms with Crippen molar-refractivity contribution >= 4 is 21.6 Å². The monoisotopic (exact) mass is 392 g/mol. The van der Waals surface area contributed by atoms with Crippen molar-refractivity contribution in [3.63, 3.8) is 0 Å². The van der Waals surface area contributed by atoms with Gasteiger partial charge in [-0.3, -0.25) is 4.79 Å². The van der Waals surface area contributed by atoms with Gasteiger partial charge in [-0.2, -0.15) is 4.31 Å². The largest absolute Gasteiger partial charge is 0.325 e. The first-order valence-electron chi connectivity index (χ1n) is 8.75. The molecule has 2 aromatic carbocycles. The average Bonchev–Trinajstić information content (AvgIpc) is 2.59. The number of hydrogen-bond donors (Lipinski definition) is 1. The number of hydrogen-bond acceptors (Lipinski definition) is 3. The molecule has 2 rings (SSSR count). The Hall–Kier alpha value is -2.25. The fourth-order valence-electron chi connectivity index (χ4n) is 2.62. The highest BCUT2D eigenvalue weighted by Gasteiger charge is 2.20. The number of carbonyl (C=O) groups is 1. The second kappa shape index (κ2) is 9.10. The number of anilines is 1. The molecule has 7 heteroatoms. The summed E-state index contributed by atoms with van der Waals surface area (Å²) in [5.74, 6) is -0.444. The predicted molar refractivity (Wildman–Crippen MR) is 106 cm³/mol. The normalized spacial score (nSPS) is 11.8. The maximum Gasteiger partial charge on any atom is 0.239 e. The predicted octanol–water partition coefficient (Wildman–Crippen LogP) is 3.39. The molecule has 0 unspecified atom stereocenters. The van der Waals surface area contributed by atoms with Crippen LogP contribution in [0.5, 0.6) is 0 Å². The Morgan fingerprint density at radius 3 is 2.30 bits per heavy atom. The summed E-state index contributed by atoms with van der Waals surface area (Å²) in [6.45, 7) is 3.86. The van der Waals surface area contributed by atoms with Gasteiger partial charge in [0.05, 0.1) is 12.8 Å². The molecule has 0 radical (unpaired) electrons. The Morgan fingerprint density at radius 2 is 1.74 bits per heavy atom. The van der Waals surface area contributed by atoms with E-state index in [1.54, 1.807) is 30.3 Å². The first-order chi connectivity index (χ1) is 12.7. The Balaban J connectivity index is 2.00. The zero-order valence-electron chi connectivity index (χ0n) is 15.8. The molecule has 1 N–H and O–H groups in total. The van der Waals surface area contributed by atoms with Crippen molar-refractivity contribution in [3.8, 4) is 0 Å². The van der Waals surface area contributed by atoms with Crippen LogP contribution in [0.4, 0.5) is 10.1 Å². The van der Waals surface area contributed by atoms with Gasteiger partial charge in [-0.25, -0.2) is 12.8 Å². The molecule has 2 aromatic rings. The molecule has 0 heterocycles. The maximum atomic E-state index is 13.7. The first kappa shape index (κ1) is 21.1. The molecule has 0 spiro atoms. The molecule has 27 heavy (non-hydrogen) atoms. The van der Waals surface area contributed by atoms with Crippen molar-refractivity contribution in [3.05, 3.63) is 65.5 Å². The van der Waals surface area contributed by atoms with E-state index in [9.17, 15) is 17.6 Å². The van der Waals surface area contributed by atoms with Crippen LogP contribution in [0.1, 0.15) is 30.9 Å². The van der Waals surface area contributed by atoms with Crippen LogP contribution in [-0.2, 0) is 21.2 Å². The zero-order valence-corrected chi connectivity index (χ0v) is 16.6. The molecule has 0 aliphatic heterocycles. The fourth-order valence-corrected chi connectivity index (χ4v) is 3.40. The SMILES string of the molecule is CC(C)c1ccc(NC(=O)CN(CCc2ccccc2F)S(C)(=O)=O)cc1. The standard InChI is InChI=1S/C20H25FN2O3S/c1-15(2)16-8-10-18(11-9-16)22-20(24)14-23(27(3,25)26)13-12-17-6-4-5-7-19(17)21/h4-11,15H,12-14H2,1-3H3,(H,22,24). The van der Waals surface area contributed by atoms with Crippen LogP contribution in [0.3, 0.4) is 0 Å². The van der Waals surface area contributed by atoms with Gasteiger partial charge in [0.25, 0.3) is 0 Å². The maximum absolute atomic E-state index is 13.7. The van der Waals surface area contributed by atoms with Gasteiger partial charge in [0.15, 0.2) is 0 Å². The van der Waals surface area contributed by atoms with E-state index in [1.165, 1.54) is 6.07 Å². The van der Waals surface area contributed by atoms with Gasteiger partial charge in [0.2, 0.25) is 15.9 Å². The van der Waals surface area contributed by atoms with Gasteiger partial charge in [0.1, 0.15) is 5.82 Å². The highest BCUT2D eigenvalue weighted by molar-refractivity contribution is 7.88. The Bertz CT molecular complexity index is 880. The number of benzene rings is 2. The summed E-state index contributed by atoms with van der Waals surface area (Å²) in [5.41, 5.74) is 2.17. The number of amides is 1. The second-order valence-corrected chi connectivity index (χ2v) is 8.75. The number of sulfonamides is 1. The molecular weight excluding hydrogens is 367 g/mol. The van der Waals surface area contributed by atoms with Gasteiger partial charge in [-0.1, -0.05) is 44.2 Å². The van der Waals surface area contributed by atoms with Gasteiger partial charge in [-0.15, -0.1) is 0 Å². The van der Waals surface area contributed by atoms with Crippen LogP contribution in [0.25, 0.3) is 0 Å². The third-order valence-electron chi connectivity index (χ3n) is 4.24. The summed E-state index contributed by atoms with van der Waals surface area (Å²) >= 11 is 0. The van der Waals surface area contributed by atoms with Crippen LogP contribution >= 0.6 is 0 Å². The molecule has 0 aliphatic rings. The molecule has 5 nitrogen and oxygen atoms in total. The lowest BCUT2D eigenvalue weighted by Gasteiger charge is -2.19. The van der Waals surface area contributed by atoms with Crippen molar-refractivity contribution < 1.29 is 17.6 Å². The van der Waals surface area contributed by atoms with E-state index in [2.05, 4.69) is 19.2 Å². The molecule has 1 amide bonds. The number of carbonyl (C=O) groups excluding carboxylic acids is 1. The van der Waals surface area contributed by atoms with E-state index in [0.29, 0.717) is 17.2 Å². The van der Waals surface area contributed by atoms with Crippen molar-refractivity contribution in [2.45, 2.75) is 26.2 Å². The van der Waals surface area contributed by atoms with E-state index < -0.39 is 15.9 Å². The molecule has 0 fully saturated rings. The number of nitrogens with zero attached hydrogens (tertiary/aromatic N) is 1. The van der Waals surface area contributed by atoms with Crippen LogP contribution in [-0.4, -0.2) is 38.0 Å². The summed E-state index contributed by atoms with van der Waals surface area (Å²) in [6.07, 6.45) is 1.23. The van der Waals surface area contributed by atoms with Crippen LogP contribution < -0.4 is 5.32 Å². The summed E-state index contributed by atoms with van der Waals surface area (Å²) < 4.78 is 38.8. The van der Waals surface area contributed by atoms with Gasteiger partial charge >= 0.3 is 0 Å². The van der Waals surface area contributed by atoms with Crippen molar-refractivity contribution in [1.82, 2.24) is 4.31 Å². The average molecular weight is 392 g/mol. The fraction of sp³-hybridized carbons (Fsp3) is 0.350.